The summed E-state index contributed by atoms with van der Waals surface area (Å²) in [5.74, 6) is 0.829. The van der Waals surface area contributed by atoms with Crippen molar-refractivity contribution < 1.29 is 4.57 Å². The van der Waals surface area contributed by atoms with Crippen LogP contribution in [0.15, 0.2) is 54.3 Å². The molecule has 0 aliphatic heterocycles. The van der Waals surface area contributed by atoms with Crippen molar-refractivity contribution in [2.45, 2.75) is 11.8 Å². The molecule has 0 atom stereocenters. The summed E-state index contributed by atoms with van der Waals surface area (Å²) in [6, 6.07) is 4.02. The van der Waals surface area contributed by atoms with Gasteiger partial charge in [-0.05, 0) is 24.6 Å². The predicted molar refractivity (Wildman–Crippen MR) is 73.0 cm³/mol. The van der Waals surface area contributed by atoms with Gasteiger partial charge in [0.05, 0.1) is 18.1 Å². The summed E-state index contributed by atoms with van der Waals surface area (Å²) < 4.78 is 5.81. The fourth-order valence-corrected chi connectivity index (χ4v) is 2.49. The van der Waals surface area contributed by atoms with Crippen LogP contribution < -0.4 is 4.57 Å². The molecule has 3 heterocycles. The van der Waals surface area contributed by atoms with Gasteiger partial charge >= 0.3 is 0 Å². The number of imidazole rings is 1. The zero-order chi connectivity index (χ0) is 13.2. The molecule has 19 heavy (non-hydrogen) atoms. The minimum atomic E-state index is 0.829. The molecule has 0 N–H and O–H groups in total. The van der Waals surface area contributed by atoms with Crippen molar-refractivity contribution in [3.05, 3.63) is 55.0 Å². The van der Waals surface area contributed by atoms with Crippen molar-refractivity contribution in [1.82, 2.24) is 18.7 Å². The van der Waals surface area contributed by atoms with E-state index in [-0.39, 0.29) is 0 Å². The number of aryl methyl sites for hydroxylation is 2. The molecule has 96 valence electrons. The molecule has 3 aromatic heterocycles. The molecule has 6 heteroatoms. The van der Waals surface area contributed by atoms with Gasteiger partial charge in [-0.2, -0.15) is 9.07 Å². The minimum Gasteiger partial charge on any atom is -0.239 e. The maximum atomic E-state index is 4.42. The fraction of sp³-hybridized carbons (Fsp3) is 0.154. The summed E-state index contributed by atoms with van der Waals surface area (Å²) in [5, 5.41) is 4.24. The minimum absolute atomic E-state index is 0.829. The van der Waals surface area contributed by atoms with Crippen LogP contribution in [0.5, 0.6) is 0 Å². The van der Waals surface area contributed by atoms with Gasteiger partial charge in [0.2, 0.25) is 0 Å². The van der Waals surface area contributed by atoms with Crippen LogP contribution in [0.4, 0.5) is 0 Å². The highest BCUT2D eigenvalue weighted by Gasteiger charge is 2.05. The molecule has 5 nitrogen and oxygen atoms in total. The van der Waals surface area contributed by atoms with Crippen LogP contribution in [-0.2, 0) is 7.05 Å². The van der Waals surface area contributed by atoms with Crippen molar-refractivity contribution in [3.63, 3.8) is 0 Å². The first-order valence-corrected chi connectivity index (χ1v) is 6.67. The van der Waals surface area contributed by atoms with Gasteiger partial charge in [0.15, 0.2) is 5.82 Å². The first kappa shape index (κ1) is 12.0. The van der Waals surface area contributed by atoms with Crippen LogP contribution in [0.2, 0.25) is 0 Å². The van der Waals surface area contributed by atoms with Gasteiger partial charge in [0.1, 0.15) is 24.3 Å². The summed E-state index contributed by atoms with van der Waals surface area (Å²) in [6.45, 7) is 2.01. The van der Waals surface area contributed by atoms with E-state index < -0.39 is 0 Å². The molecule has 0 spiro atoms. The standard InChI is InChI=1S/C13H14N5S/c1-11-7-15-18(9-11)13-4-3-12(8-14-13)19-17-6-5-16(2)10-17/h3-10H,1-2H3/q+1. The van der Waals surface area contributed by atoms with Crippen LogP contribution >= 0.6 is 11.9 Å². The maximum Gasteiger partial charge on any atom is 0.255 e. The Morgan fingerprint density at radius 1 is 1.26 bits per heavy atom. The van der Waals surface area contributed by atoms with Crippen LogP contribution in [0.25, 0.3) is 5.82 Å². The van der Waals surface area contributed by atoms with Crippen molar-refractivity contribution >= 4 is 11.9 Å². The molecule has 0 bridgehead atoms. The molecule has 0 aliphatic carbocycles. The van der Waals surface area contributed by atoms with E-state index in [1.54, 1.807) is 16.6 Å². The highest BCUT2D eigenvalue weighted by molar-refractivity contribution is 7.97. The second-order valence-corrected chi connectivity index (χ2v) is 5.42. The predicted octanol–water partition coefficient (Wildman–Crippen LogP) is 1.76. The average molecular weight is 272 g/mol. The van der Waals surface area contributed by atoms with E-state index >= 15 is 0 Å². The topological polar surface area (TPSA) is 39.5 Å². The number of pyridine rings is 1. The lowest BCUT2D eigenvalue weighted by Gasteiger charge is -2.00. The largest absolute Gasteiger partial charge is 0.255 e. The van der Waals surface area contributed by atoms with Gasteiger partial charge < -0.3 is 0 Å². The third-order valence-corrected chi connectivity index (χ3v) is 3.50. The highest BCUT2D eigenvalue weighted by atomic mass is 32.2. The fourth-order valence-electron chi connectivity index (χ4n) is 1.70. The van der Waals surface area contributed by atoms with Crippen LogP contribution in [0.3, 0.4) is 0 Å². The van der Waals surface area contributed by atoms with Crippen molar-refractivity contribution in [2.24, 2.45) is 7.05 Å². The highest BCUT2D eigenvalue weighted by Crippen LogP contribution is 2.19. The first-order valence-electron chi connectivity index (χ1n) is 5.90. The average Bonchev–Trinajstić information content (AvgIpc) is 3.00. The van der Waals surface area contributed by atoms with E-state index in [1.807, 2.05) is 72.0 Å². The van der Waals surface area contributed by atoms with Crippen LogP contribution in [0, 0.1) is 6.92 Å². The molecule has 3 rings (SSSR count). The lowest BCUT2D eigenvalue weighted by atomic mass is 10.4. The van der Waals surface area contributed by atoms with Gasteiger partial charge in [-0.25, -0.2) is 14.2 Å². The second-order valence-electron chi connectivity index (χ2n) is 4.34. The molecule has 0 unspecified atom stereocenters. The summed E-state index contributed by atoms with van der Waals surface area (Å²) in [4.78, 5) is 5.51. The van der Waals surface area contributed by atoms with Crippen LogP contribution in [0.1, 0.15) is 5.56 Å². The summed E-state index contributed by atoms with van der Waals surface area (Å²) in [7, 11) is 2.00. The summed E-state index contributed by atoms with van der Waals surface area (Å²) in [5.41, 5.74) is 1.13. The van der Waals surface area contributed by atoms with Gasteiger partial charge in [0, 0.05) is 12.4 Å². The van der Waals surface area contributed by atoms with E-state index in [4.69, 9.17) is 0 Å². The molecule has 0 aliphatic rings. The van der Waals surface area contributed by atoms with Gasteiger partial charge in [-0.15, -0.1) is 0 Å². The quantitative estimate of drug-likeness (QED) is 0.682. The number of hydrogen-bond donors (Lipinski definition) is 0. The second kappa shape index (κ2) is 4.89. The molecule has 0 saturated carbocycles. The Morgan fingerprint density at radius 2 is 2.16 bits per heavy atom. The third kappa shape index (κ3) is 2.68. The zero-order valence-electron chi connectivity index (χ0n) is 10.8. The number of aromatic nitrogens is 5. The molecule has 0 radical (unpaired) electrons. The van der Waals surface area contributed by atoms with E-state index in [0.717, 1.165) is 16.3 Å². The number of hydrogen-bond acceptors (Lipinski definition) is 3. The van der Waals surface area contributed by atoms with Gasteiger partial charge in [-0.1, -0.05) is 0 Å². The molecule has 3 aromatic rings. The normalized spacial score (nSPS) is 10.8. The molecular formula is C13H14N5S+. The maximum absolute atomic E-state index is 4.42. The van der Waals surface area contributed by atoms with E-state index in [9.17, 15) is 0 Å². The van der Waals surface area contributed by atoms with E-state index in [0.29, 0.717) is 0 Å². The number of nitrogens with zero attached hydrogens (tertiary/aromatic N) is 5. The SMILES string of the molecule is Cc1cnn(-c2ccc(Sn3cc[n+](C)c3)cn2)c1. The monoisotopic (exact) mass is 272 g/mol. The smallest absolute Gasteiger partial charge is 0.239 e. The third-order valence-electron chi connectivity index (χ3n) is 2.62. The van der Waals surface area contributed by atoms with Crippen molar-refractivity contribution in [3.8, 4) is 5.82 Å². The van der Waals surface area contributed by atoms with Crippen LogP contribution in [-0.4, -0.2) is 18.7 Å². The van der Waals surface area contributed by atoms with E-state index in [2.05, 4.69) is 10.1 Å². The van der Waals surface area contributed by atoms with Crippen molar-refractivity contribution in [1.29, 1.82) is 0 Å². The molecular weight excluding hydrogens is 258 g/mol. The Labute approximate surface area is 115 Å². The Morgan fingerprint density at radius 3 is 2.74 bits per heavy atom. The Bertz CT molecular complexity index is 683. The Kier molecular flexibility index (Phi) is 3.08. The summed E-state index contributed by atoms with van der Waals surface area (Å²) >= 11 is 1.62. The molecule has 0 amide bonds. The lowest BCUT2D eigenvalue weighted by Crippen LogP contribution is -2.23. The molecule has 0 fully saturated rings. The first-order chi connectivity index (χ1) is 9.20. The van der Waals surface area contributed by atoms with Gasteiger partial charge in [-0.3, -0.25) is 0 Å². The van der Waals surface area contributed by atoms with Crippen molar-refractivity contribution in [2.75, 3.05) is 0 Å². The van der Waals surface area contributed by atoms with Gasteiger partial charge in [0.25, 0.3) is 6.33 Å². The summed E-state index contributed by atoms with van der Waals surface area (Å²) in [6.07, 6.45) is 11.7. The molecule has 0 aromatic carbocycles. The number of rotatable bonds is 3. The zero-order valence-corrected chi connectivity index (χ0v) is 11.6. The lowest BCUT2D eigenvalue weighted by molar-refractivity contribution is -0.670. The Balaban J connectivity index is 1.79. The molecule has 0 saturated heterocycles. The Hall–Kier alpha value is -2.08. The van der Waals surface area contributed by atoms with E-state index in [1.165, 1.54) is 0 Å².